The number of nitrogens with zero attached hydrogens (tertiary/aromatic N) is 2. The molecule has 0 aromatic heterocycles. The number of halogens is 2. The number of phenolic OH excluding ortho intramolecular Hbond substituents is 1. The lowest BCUT2D eigenvalue weighted by molar-refractivity contribution is -0.134. The quantitative estimate of drug-likeness (QED) is 0.825. The summed E-state index contributed by atoms with van der Waals surface area (Å²) >= 11 is 0. The van der Waals surface area contributed by atoms with Crippen LogP contribution in [0.2, 0.25) is 0 Å². The summed E-state index contributed by atoms with van der Waals surface area (Å²) in [7, 11) is 0. The predicted octanol–water partition coefficient (Wildman–Crippen LogP) is 2.25. The van der Waals surface area contributed by atoms with E-state index in [1.54, 1.807) is 12.1 Å². The van der Waals surface area contributed by atoms with Crippen LogP contribution >= 0.6 is 24.8 Å². The number of hydrogen-bond acceptors (Lipinski definition) is 4. The second-order valence-corrected chi connectivity index (χ2v) is 6.51. The Balaban J connectivity index is 0.00000264. The number of aromatic hydroxyl groups is 1. The highest BCUT2D eigenvalue weighted by Crippen LogP contribution is 2.15. The van der Waals surface area contributed by atoms with Crippen LogP contribution in [-0.2, 0) is 11.3 Å². The van der Waals surface area contributed by atoms with Crippen molar-refractivity contribution in [2.75, 3.05) is 26.2 Å². The number of carbonyl (C=O) groups excluding carboxylic acids is 1. The van der Waals surface area contributed by atoms with E-state index in [0.717, 1.165) is 44.7 Å². The first-order valence-corrected chi connectivity index (χ1v) is 8.00. The molecule has 1 heterocycles. The molecule has 0 radical (unpaired) electrons. The molecule has 0 unspecified atom stereocenters. The lowest BCUT2D eigenvalue weighted by Crippen LogP contribution is -2.53. The molecule has 1 aliphatic rings. The van der Waals surface area contributed by atoms with Crippen molar-refractivity contribution in [1.29, 1.82) is 0 Å². The van der Waals surface area contributed by atoms with E-state index in [-0.39, 0.29) is 36.8 Å². The molecule has 1 aromatic rings. The number of hydrogen-bond donors (Lipinski definition) is 2. The number of nitrogens with two attached hydrogens (primary N) is 1. The van der Waals surface area contributed by atoms with E-state index in [2.05, 4.69) is 18.7 Å². The molecular formula is C17H29Cl2N3O2. The van der Waals surface area contributed by atoms with Gasteiger partial charge in [-0.25, -0.2) is 0 Å². The summed E-state index contributed by atoms with van der Waals surface area (Å²) in [4.78, 5) is 16.5. The smallest absolute Gasteiger partial charge is 0.239 e. The summed E-state index contributed by atoms with van der Waals surface area (Å²) in [5.74, 6) is 0.808. The first-order chi connectivity index (χ1) is 10.5. The molecule has 0 aliphatic carbocycles. The number of amides is 1. The third kappa shape index (κ3) is 6.85. The lowest BCUT2D eigenvalue weighted by Gasteiger charge is -2.36. The molecule has 2 rings (SSSR count). The van der Waals surface area contributed by atoms with Crippen molar-refractivity contribution in [3.05, 3.63) is 29.8 Å². The zero-order valence-corrected chi connectivity index (χ0v) is 16.0. The third-order valence-electron chi connectivity index (χ3n) is 4.04. The lowest BCUT2D eigenvalue weighted by atomic mass is 10.0. The topological polar surface area (TPSA) is 69.8 Å². The van der Waals surface area contributed by atoms with Crippen molar-refractivity contribution in [2.45, 2.75) is 32.9 Å². The Morgan fingerprint density at radius 1 is 1.21 bits per heavy atom. The van der Waals surface area contributed by atoms with E-state index in [1.807, 2.05) is 17.0 Å². The van der Waals surface area contributed by atoms with Crippen molar-refractivity contribution in [3.8, 4) is 5.75 Å². The third-order valence-corrected chi connectivity index (χ3v) is 4.04. The Bertz CT molecular complexity index is 506. The van der Waals surface area contributed by atoms with Gasteiger partial charge < -0.3 is 15.7 Å². The minimum Gasteiger partial charge on any atom is -0.508 e. The van der Waals surface area contributed by atoms with Crippen molar-refractivity contribution in [2.24, 2.45) is 11.7 Å². The molecule has 7 heteroatoms. The molecule has 1 saturated heterocycles. The average molecular weight is 378 g/mol. The first-order valence-electron chi connectivity index (χ1n) is 8.00. The van der Waals surface area contributed by atoms with Gasteiger partial charge in [0.25, 0.3) is 0 Å². The van der Waals surface area contributed by atoms with Crippen LogP contribution in [0.4, 0.5) is 0 Å². The highest BCUT2D eigenvalue weighted by atomic mass is 35.5. The standard InChI is InChI=1S/C17H27N3O2.2ClH/c1-13(2)10-16(18)17(22)20-8-6-19(7-9-20)12-14-4-3-5-15(21)11-14;;/h3-5,11,13,16,21H,6-10,12,18H2,1-2H3;2*1H/t16-;;/m0../s1. The van der Waals surface area contributed by atoms with Crippen LogP contribution in [0.15, 0.2) is 24.3 Å². The molecule has 1 atom stereocenters. The van der Waals surface area contributed by atoms with Crippen LogP contribution in [0.25, 0.3) is 0 Å². The van der Waals surface area contributed by atoms with E-state index < -0.39 is 0 Å². The molecule has 1 aromatic carbocycles. The Hall–Kier alpha value is -1.01. The summed E-state index contributed by atoms with van der Waals surface area (Å²) in [5.41, 5.74) is 7.09. The van der Waals surface area contributed by atoms with Crippen LogP contribution in [0.1, 0.15) is 25.8 Å². The van der Waals surface area contributed by atoms with Crippen LogP contribution in [0.5, 0.6) is 5.75 Å². The fraction of sp³-hybridized carbons (Fsp3) is 0.588. The van der Waals surface area contributed by atoms with E-state index in [0.29, 0.717) is 11.7 Å². The molecule has 0 spiro atoms. The number of benzene rings is 1. The Morgan fingerprint density at radius 2 is 1.83 bits per heavy atom. The van der Waals surface area contributed by atoms with Gasteiger partial charge in [-0.2, -0.15) is 0 Å². The van der Waals surface area contributed by atoms with Gasteiger partial charge in [0.1, 0.15) is 5.75 Å². The van der Waals surface area contributed by atoms with Crippen molar-refractivity contribution in [1.82, 2.24) is 9.80 Å². The van der Waals surface area contributed by atoms with Crippen LogP contribution in [0, 0.1) is 5.92 Å². The summed E-state index contributed by atoms with van der Waals surface area (Å²) in [6, 6.07) is 6.95. The van der Waals surface area contributed by atoms with Crippen LogP contribution in [-0.4, -0.2) is 53.0 Å². The van der Waals surface area contributed by atoms with Crippen molar-refractivity contribution >= 4 is 30.7 Å². The Kier molecular flexibility index (Phi) is 10.3. The number of phenols is 1. The Labute approximate surface area is 157 Å². The van der Waals surface area contributed by atoms with Gasteiger partial charge in [0.05, 0.1) is 6.04 Å². The first kappa shape index (κ1) is 23.0. The van der Waals surface area contributed by atoms with E-state index in [4.69, 9.17) is 5.73 Å². The van der Waals surface area contributed by atoms with E-state index in [9.17, 15) is 9.90 Å². The van der Waals surface area contributed by atoms with Gasteiger partial charge in [0.15, 0.2) is 0 Å². The predicted molar refractivity (Wildman–Crippen MR) is 102 cm³/mol. The van der Waals surface area contributed by atoms with Crippen LogP contribution in [0.3, 0.4) is 0 Å². The molecule has 5 nitrogen and oxygen atoms in total. The Morgan fingerprint density at radius 3 is 2.38 bits per heavy atom. The number of piperazine rings is 1. The summed E-state index contributed by atoms with van der Waals surface area (Å²) in [6.07, 6.45) is 0.738. The van der Waals surface area contributed by atoms with E-state index >= 15 is 0 Å². The maximum absolute atomic E-state index is 12.3. The van der Waals surface area contributed by atoms with Gasteiger partial charge in [0.2, 0.25) is 5.91 Å². The largest absolute Gasteiger partial charge is 0.508 e. The molecule has 0 saturated carbocycles. The molecular weight excluding hydrogens is 349 g/mol. The minimum absolute atomic E-state index is 0. The summed E-state index contributed by atoms with van der Waals surface area (Å²) in [5, 5.41) is 9.51. The molecule has 0 bridgehead atoms. The van der Waals surface area contributed by atoms with Gasteiger partial charge >= 0.3 is 0 Å². The van der Waals surface area contributed by atoms with Crippen molar-refractivity contribution in [3.63, 3.8) is 0 Å². The summed E-state index contributed by atoms with van der Waals surface area (Å²) in [6.45, 7) is 8.10. The molecule has 24 heavy (non-hydrogen) atoms. The normalized spacial score (nSPS) is 16.2. The number of carbonyl (C=O) groups is 1. The molecule has 1 aliphatic heterocycles. The average Bonchev–Trinajstić information content (AvgIpc) is 2.46. The van der Waals surface area contributed by atoms with Gasteiger partial charge in [-0.3, -0.25) is 9.69 Å². The second kappa shape index (κ2) is 10.8. The van der Waals surface area contributed by atoms with Gasteiger partial charge in [-0.1, -0.05) is 26.0 Å². The molecule has 1 amide bonds. The fourth-order valence-electron chi connectivity index (χ4n) is 2.88. The zero-order valence-electron chi connectivity index (χ0n) is 14.4. The maximum Gasteiger partial charge on any atom is 0.239 e. The highest BCUT2D eigenvalue weighted by molar-refractivity contribution is 5.85. The molecule has 1 fully saturated rings. The summed E-state index contributed by atoms with van der Waals surface area (Å²) < 4.78 is 0. The SMILES string of the molecule is CC(C)C[C@H](N)C(=O)N1CCN(Cc2cccc(O)c2)CC1.Cl.Cl. The maximum atomic E-state index is 12.3. The molecule has 3 N–H and O–H groups in total. The van der Waals surface area contributed by atoms with Gasteiger partial charge in [-0.05, 0) is 30.0 Å². The van der Waals surface area contributed by atoms with Crippen LogP contribution < -0.4 is 5.73 Å². The van der Waals surface area contributed by atoms with Gasteiger partial charge in [0, 0.05) is 32.7 Å². The molecule has 138 valence electrons. The monoisotopic (exact) mass is 377 g/mol. The van der Waals surface area contributed by atoms with Gasteiger partial charge in [-0.15, -0.1) is 24.8 Å². The highest BCUT2D eigenvalue weighted by Gasteiger charge is 2.25. The minimum atomic E-state index is -0.377. The number of rotatable bonds is 5. The van der Waals surface area contributed by atoms with Crippen molar-refractivity contribution < 1.29 is 9.90 Å². The second-order valence-electron chi connectivity index (χ2n) is 6.51. The fourth-order valence-corrected chi connectivity index (χ4v) is 2.88. The zero-order chi connectivity index (χ0) is 16.1. The van der Waals surface area contributed by atoms with E-state index in [1.165, 1.54) is 0 Å².